The van der Waals surface area contributed by atoms with Crippen LogP contribution in [0.4, 0.5) is 11.4 Å². The fourth-order valence-corrected chi connectivity index (χ4v) is 2.53. The zero-order valence-corrected chi connectivity index (χ0v) is 13.8. The molecule has 2 amide bonds. The molecule has 1 saturated heterocycles. The smallest absolute Gasteiger partial charge is 0.267 e. The lowest BCUT2D eigenvalue weighted by Crippen LogP contribution is -2.35. The maximum absolute atomic E-state index is 12.5. The topological polar surface area (TPSA) is 92.6 Å². The van der Waals surface area contributed by atoms with Crippen molar-refractivity contribution in [2.24, 2.45) is 0 Å². The number of halogens is 1. The lowest BCUT2D eigenvalue weighted by molar-refractivity contribution is -0.385. The van der Waals surface area contributed by atoms with Crippen molar-refractivity contribution in [3.05, 3.63) is 74.3 Å². The number of anilines is 1. The Balaban J connectivity index is 1.95. The average Bonchev–Trinajstić information content (AvgIpc) is 2.85. The normalized spacial score (nSPS) is 15.6. The number of nitrogens with zero attached hydrogens (tertiary/aromatic N) is 2. The molecule has 0 aliphatic carbocycles. The van der Waals surface area contributed by atoms with Gasteiger partial charge in [-0.05, 0) is 42.8 Å². The Morgan fingerprint density at radius 2 is 1.84 bits per heavy atom. The molecule has 126 valence electrons. The van der Waals surface area contributed by atoms with Crippen molar-refractivity contribution in [3.8, 4) is 0 Å². The Labute approximate surface area is 147 Å². The molecule has 7 nitrogen and oxygen atoms in total. The third-order valence-corrected chi connectivity index (χ3v) is 3.97. The predicted octanol–water partition coefficient (Wildman–Crippen LogP) is 3.02. The molecule has 3 rings (SSSR count). The van der Waals surface area contributed by atoms with Gasteiger partial charge in [0.1, 0.15) is 5.57 Å². The lowest BCUT2D eigenvalue weighted by atomic mass is 10.1. The van der Waals surface area contributed by atoms with Gasteiger partial charge in [0, 0.05) is 16.7 Å². The van der Waals surface area contributed by atoms with E-state index in [4.69, 9.17) is 11.6 Å². The zero-order valence-electron chi connectivity index (χ0n) is 13.0. The van der Waals surface area contributed by atoms with Crippen molar-refractivity contribution in [3.63, 3.8) is 0 Å². The molecule has 8 heteroatoms. The maximum atomic E-state index is 12.5. The van der Waals surface area contributed by atoms with Crippen molar-refractivity contribution >= 4 is 40.9 Å². The Morgan fingerprint density at radius 3 is 2.48 bits per heavy atom. The van der Waals surface area contributed by atoms with Crippen molar-refractivity contribution in [1.29, 1.82) is 0 Å². The summed E-state index contributed by atoms with van der Waals surface area (Å²) in [5.41, 5.74) is 3.63. The third kappa shape index (κ3) is 3.22. The molecule has 0 saturated carbocycles. The molecule has 0 aromatic heterocycles. The number of nitro benzene ring substituents is 1. The number of carbonyl (C=O) groups excluding carboxylic acids is 2. The van der Waals surface area contributed by atoms with Crippen molar-refractivity contribution in [2.75, 3.05) is 5.01 Å². The first-order valence-electron chi connectivity index (χ1n) is 7.24. The molecule has 2 aromatic rings. The molecule has 0 atom stereocenters. The molecule has 1 aliphatic heterocycles. The van der Waals surface area contributed by atoms with Gasteiger partial charge in [-0.2, -0.15) is 0 Å². The molecule has 0 spiro atoms. The van der Waals surface area contributed by atoms with Gasteiger partial charge in [-0.3, -0.25) is 25.1 Å². The second kappa shape index (κ2) is 6.37. The first-order valence-corrected chi connectivity index (χ1v) is 7.62. The molecule has 2 aromatic carbocycles. The summed E-state index contributed by atoms with van der Waals surface area (Å²) in [6.07, 6.45) is 1.33. The van der Waals surface area contributed by atoms with E-state index in [0.717, 1.165) is 5.01 Å². The molecule has 0 radical (unpaired) electrons. The van der Waals surface area contributed by atoms with Crippen LogP contribution in [0, 0.1) is 17.0 Å². The van der Waals surface area contributed by atoms with E-state index in [1.165, 1.54) is 12.1 Å². The number of hydrogen-bond donors (Lipinski definition) is 1. The predicted molar refractivity (Wildman–Crippen MR) is 92.9 cm³/mol. The second-order valence-corrected chi connectivity index (χ2v) is 5.86. The minimum Gasteiger partial charge on any atom is -0.267 e. The minimum atomic E-state index is -0.580. The van der Waals surface area contributed by atoms with Gasteiger partial charge in [0.15, 0.2) is 0 Å². The van der Waals surface area contributed by atoms with Crippen LogP contribution in [0.15, 0.2) is 48.0 Å². The maximum Gasteiger partial charge on any atom is 0.282 e. The summed E-state index contributed by atoms with van der Waals surface area (Å²) in [4.78, 5) is 35.1. The SMILES string of the molecule is Cc1ccc(/C=C2/C(=O)NN(c3ccc(Cl)cc3)C2=O)cc1[N+](=O)[O-]. The molecule has 1 aliphatic rings. The molecule has 25 heavy (non-hydrogen) atoms. The molecule has 1 N–H and O–H groups in total. The summed E-state index contributed by atoms with van der Waals surface area (Å²) in [5.74, 6) is -1.13. The largest absolute Gasteiger partial charge is 0.282 e. The van der Waals surface area contributed by atoms with Crippen LogP contribution in [-0.4, -0.2) is 16.7 Å². The highest BCUT2D eigenvalue weighted by atomic mass is 35.5. The monoisotopic (exact) mass is 357 g/mol. The van der Waals surface area contributed by atoms with E-state index in [0.29, 0.717) is 21.8 Å². The number of benzene rings is 2. The van der Waals surface area contributed by atoms with Gasteiger partial charge in [-0.25, -0.2) is 5.01 Å². The van der Waals surface area contributed by atoms with Gasteiger partial charge >= 0.3 is 0 Å². The third-order valence-electron chi connectivity index (χ3n) is 3.72. The van der Waals surface area contributed by atoms with E-state index in [-0.39, 0.29) is 11.3 Å². The number of nitro groups is 1. The summed E-state index contributed by atoms with van der Waals surface area (Å²) in [6.45, 7) is 1.62. The van der Waals surface area contributed by atoms with Gasteiger partial charge in [-0.15, -0.1) is 0 Å². The van der Waals surface area contributed by atoms with Gasteiger partial charge < -0.3 is 0 Å². The standard InChI is InChI=1S/C17H12ClN3O4/c1-10-2-3-11(9-15(10)21(24)25)8-14-16(22)19-20(17(14)23)13-6-4-12(18)5-7-13/h2-9H,1H3,(H,19,22)/b14-8-. The van der Waals surface area contributed by atoms with Crippen LogP contribution in [0.25, 0.3) is 6.08 Å². The van der Waals surface area contributed by atoms with Crippen LogP contribution in [0.5, 0.6) is 0 Å². The fraction of sp³-hybridized carbons (Fsp3) is 0.0588. The summed E-state index contributed by atoms with van der Waals surface area (Å²) in [7, 11) is 0. The number of aryl methyl sites for hydroxylation is 1. The van der Waals surface area contributed by atoms with E-state index < -0.39 is 16.7 Å². The zero-order chi connectivity index (χ0) is 18.1. The second-order valence-electron chi connectivity index (χ2n) is 5.42. The molecular formula is C17H12ClN3O4. The number of rotatable bonds is 3. The number of nitrogens with one attached hydrogen (secondary N) is 1. The van der Waals surface area contributed by atoms with E-state index in [1.807, 2.05) is 0 Å². The lowest BCUT2D eigenvalue weighted by Gasteiger charge is -2.14. The summed E-state index contributed by atoms with van der Waals surface area (Å²) < 4.78 is 0. The van der Waals surface area contributed by atoms with Crippen LogP contribution >= 0.6 is 11.6 Å². The number of amides is 2. The Kier molecular flexibility index (Phi) is 4.24. The van der Waals surface area contributed by atoms with Crippen LogP contribution < -0.4 is 10.4 Å². The summed E-state index contributed by atoms with van der Waals surface area (Å²) in [5, 5.41) is 12.6. The van der Waals surface area contributed by atoms with Gasteiger partial charge in [0.05, 0.1) is 10.6 Å². The summed E-state index contributed by atoms with van der Waals surface area (Å²) in [6, 6.07) is 10.9. The number of hydrogen-bond acceptors (Lipinski definition) is 4. The molecule has 0 bridgehead atoms. The Bertz CT molecular complexity index is 922. The highest BCUT2D eigenvalue weighted by Gasteiger charge is 2.34. The van der Waals surface area contributed by atoms with Gasteiger partial charge in [-0.1, -0.05) is 23.7 Å². The molecular weight excluding hydrogens is 346 g/mol. The first kappa shape index (κ1) is 16.7. The van der Waals surface area contributed by atoms with Gasteiger partial charge in [0.25, 0.3) is 17.5 Å². The minimum absolute atomic E-state index is 0.0743. The van der Waals surface area contributed by atoms with E-state index in [2.05, 4.69) is 5.43 Å². The van der Waals surface area contributed by atoms with Crippen molar-refractivity contribution in [2.45, 2.75) is 6.92 Å². The van der Waals surface area contributed by atoms with E-state index in [1.54, 1.807) is 43.3 Å². The van der Waals surface area contributed by atoms with E-state index >= 15 is 0 Å². The Hall–Kier alpha value is -3.19. The number of hydrazine groups is 1. The van der Waals surface area contributed by atoms with Crippen LogP contribution in [0.1, 0.15) is 11.1 Å². The molecule has 1 fully saturated rings. The van der Waals surface area contributed by atoms with E-state index in [9.17, 15) is 19.7 Å². The van der Waals surface area contributed by atoms with Gasteiger partial charge in [0.2, 0.25) is 0 Å². The van der Waals surface area contributed by atoms with Crippen LogP contribution in [0.3, 0.4) is 0 Å². The van der Waals surface area contributed by atoms with Crippen LogP contribution in [0.2, 0.25) is 5.02 Å². The molecule has 1 heterocycles. The fourth-order valence-electron chi connectivity index (χ4n) is 2.41. The quantitative estimate of drug-likeness (QED) is 0.395. The first-order chi connectivity index (χ1) is 11.9. The molecule has 0 unspecified atom stereocenters. The van der Waals surface area contributed by atoms with Crippen LogP contribution in [-0.2, 0) is 9.59 Å². The average molecular weight is 358 g/mol. The highest BCUT2D eigenvalue weighted by Crippen LogP contribution is 2.25. The van der Waals surface area contributed by atoms with Crippen molar-refractivity contribution in [1.82, 2.24) is 5.43 Å². The number of carbonyl (C=O) groups is 2. The highest BCUT2D eigenvalue weighted by molar-refractivity contribution is 6.32. The van der Waals surface area contributed by atoms with Crippen molar-refractivity contribution < 1.29 is 14.5 Å². The summed E-state index contributed by atoms with van der Waals surface area (Å²) >= 11 is 5.82. The Morgan fingerprint density at radius 1 is 1.16 bits per heavy atom.